The van der Waals surface area contributed by atoms with Crippen LogP contribution in [0.1, 0.15) is 27.0 Å². The summed E-state index contributed by atoms with van der Waals surface area (Å²) in [5.41, 5.74) is 1.89. The molecule has 0 aliphatic carbocycles. The lowest BCUT2D eigenvalue weighted by Gasteiger charge is -2.12. The number of aromatic carboxylic acids is 1. The van der Waals surface area contributed by atoms with Crippen molar-refractivity contribution in [1.29, 1.82) is 0 Å². The minimum Gasteiger partial charge on any atom is -0.487 e. The van der Waals surface area contributed by atoms with Gasteiger partial charge in [-0.05, 0) is 79.4 Å². The van der Waals surface area contributed by atoms with Crippen LogP contribution in [0.3, 0.4) is 0 Å². The summed E-state index contributed by atoms with van der Waals surface area (Å²) >= 11 is 6.91. The predicted octanol–water partition coefficient (Wildman–Crippen LogP) is 5.72. The molecule has 0 spiro atoms. The van der Waals surface area contributed by atoms with Crippen LogP contribution < -0.4 is 10.1 Å². The van der Waals surface area contributed by atoms with E-state index in [9.17, 15) is 18.8 Å². The zero-order chi connectivity index (χ0) is 25.1. The summed E-state index contributed by atoms with van der Waals surface area (Å²) in [5.74, 6) is -1.54. The molecular formula is C25H17Br2FN2O5. The number of hydrogen-bond acceptors (Lipinski definition) is 4. The molecule has 10 heteroatoms. The molecule has 4 rings (SSSR count). The lowest BCUT2D eigenvalue weighted by molar-refractivity contribution is -0.123. The Hall–Kier alpha value is -3.50. The normalized spacial score (nSPS) is 14.4. The topological polar surface area (TPSA) is 95.9 Å². The maximum atomic E-state index is 14.0. The van der Waals surface area contributed by atoms with E-state index in [1.54, 1.807) is 30.3 Å². The van der Waals surface area contributed by atoms with Gasteiger partial charge in [0.15, 0.2) is 0 Å². The van der Waals surface area contributed by atoms with E-state index < -0.39 is 23.7 Å². The van der Waals surface area contributed by atoms with Crippen LogP contribution >= 0.6 is 31.9 Å². The van der Waals surface area contributed by atoms with Gasteiger partial charge in [0.1, 0.15) is 23.9 Å². The van der Waals surface area contributed by atoms with Crippen LogP contribution in [0.25, 0.3) is 6.08 Å². The van der Waals surface area contributed by atoms with E-state index in [4.69, 9.17) is 9.84 Å². The Bertz CT molecular complexity index is 1340. The Kier molecular flexibility index (Phi) is 7.32. The Labute approximate surface area is 216 Å². The van der Waals surface area contributed by atoms with Crippen LogP contribution in [0, 0.1) is 5.82 Å². The van der Waals surface area contributed by atoms with E-state index in [0.29, 0.717) is 20.3 Å². The Morgan fingerprint density at radius 3 is 2.34 bits per heavy atom. The Morgan fingerprint density at radius 1 is 1.06 bits per heavy atom. The average Bonchev–Trinajstić information content (AvgIpc) is 3.07. The molecule has 1 heterocycles. The number of rotatable bonds is 7. The summed E-state index contributed by atoms with van der Waals surface area (Å²) < 4.78 is 21.0. The summed E-state index contributed by atoms with van der Waals surface area (Å²) in [6, 6.07) is 15.1. The van der Waals surface area contributed by atoms with Gasteiger partial charge in [-0.3, -0.25) is 9.69 Å². The van der Waals surface area contributed by atoms with E-state index in [2.05, 4.69) is 37.2 Å². The molecule has 1 fully saturated rings. The molecule has 0 saturated carbocycles. The van der Waals surface area contributed by atoms with Crippen LogP contribution in [-0.2, 0) is 17.9 Å². The lowest BCUT2D eigenvalue weighted by Crippen LogP contribution is -2.30. The van der Waals surface area contributed by atoms with Gasteiger partial charge in [-0.1, -0.05) is 30.3 Å². The maximum Gasteiger partial charge on any atom is 0.335 e. The molecule has 35 heavy (non-hydrogen) atoms. The van der Waals surface area contributed by atoms with Crippen molar-refractivity contribution in [2.24, 2.45) is 0 Å². The molecule has 0 aromatic heterocycles. The number of carboxylic acid groups (broad SMARTS) is 1. The Balaban J connectivity index is 1.48. The first-order valence-electron chi connectivity index (χ1n) is 10.2. The molecule has 0 bridgehead atoms. The third-order valence-electron chi connectivity index (χ3n) is 5.16. The van der Waals surface area contributed by atoms with E-state index in [1.165, 1.54) is 36.4 Å². The zero-order valence-electron chi connectivity index (χ0n) is 17.9. The third kappa shape index (κ3) is 5.60. The first-order chi connectivity index (χ1) is 16.7. The van der Waals surface area contributed by atoms with Crippen molar-refractivity contribution < 1.29 is 28.6 Å². The van der Waals surface area contributed by atoms with Crippen molar-refractivity contribution in [3.63, 3.8) is 0 Å². The van der Waals surface area contributed by atoms with Crippen molar-refractivity contribution in [3.8, 4) is 5.75 Å². The van der Waals surface area contributed by atoms with Crippen LogP contribution in [0.2, 0.25) is 0 Å². The maximum absolute atomic E-state index is 14.0. The molecule has 2 N–H and O–H groups in total. The molecule has 0 unspecified atom stereocenters. The predicted molar refractivity (Wildman–Crippen MR) is 133 cm³/mol. The fourth-order valence-electron chi connectivity index (χ4n) is 3.38. The molecular weight excluding hydrogens is 587 g/mol. The van der Waals surface area contributed by atoms with Gasteiger partial charge in [-0.15, -0.1) is 0 Å². The van der Waals surface area contributed by atoms with Gasteiger partial charge in [0, 0.05) is 5.56 Å². The molecule has 3 amide bonds. The largest absolute Gasteiger partial charge is 0.487 e. The molecule has 0 atom stereocenters. The number of hydrogen-bond donors (Lipinski definition) is 2. The number of carboxylic acids is 1. The summed E-state index contributed by atoms with van der Waals surface area (Å²) in [6.45, 7) is 0.0272. The van der Waals surface area contributed by atoms with Gasteiger partial charge >= 0.3 is 12.0 Å². The van der Waals surface area contributed by atoms with Crippen LogP contribution in [-0.4, -0.2) is 27.9 Å². The van der Waals surface area contributed by atoms with Crippen LogP contribution in [0.5, 0.6) is 5.75 Å². The van der Waals surface area contributed by atoms with Gasteiger partial charge < -0.3 is 15.2 Å². The summed E-state index contributed by atoms with van der Waals surface area (Å²) in [5, 5.41) is 11.5. The molecule has 7 nitrogen and oxygen atoms in total. The zero-order valence-corrected chi connectivity index (χ0v) is 21.1. The fraction of sp³-hybridized carbons (Fsp3) is 0.0800. The number of ether oxygens (including phenoxy) is 1. The molecule has 1 aliphatic heterocycles. The van der Waals surface area contributed by atoms with E-state index in [1.807, 2.05) is 0 Å². The minimum absolute atomic E-state index is 0.0670. The second-order valence-corrected chi connectivity index (χ2v) is 9.28. The second-order valence-electron chi connectivity index (χ2n) is 7.58. The highest BCUT2D eigenvalue weighted by atomic mass is 79.9. The lowest BCUT2D eigenvalue weighted by atomic mass is 10.1. The van der Waals surface area contributed by atoms with E-state index in [0.717, 1.165) is 10.5 Å². The van der Waals surface area contributed by atoms with E-state index >= 15 is 0 Å². The SMILES string of the molecule is O=C(O)c1ccc(COc2c(Br)cc(/C=C3/NC(=O)N(Cc4ccccc4F)C3=O)cc2Br)cc1. The second kappa shape index (κ2) is 10.4. The number of urea groups is 1. The molecule has 0 radical (unpaired) electrons. The molecule has 1 aliphatic rings. The number of benzene rings is 3. The van der Waals surface area contributed by atoms with Crippen molar-refractivity contribution in [1.82, 2.24) is 10.2 Å². The smallest absolute Gasteiger partial charge is 0.335 e. The summed E-state index contributed by atoms with van der Waals surface area (Å²) in [4.78, 5) is 37.0. The number of nitrogens with one attached hydrogen (secondary N) is 1. The van der Waals surface area contributed by atoms with Crippen molar-refractivity contribution in [2.45, 2.75) is 13.2 Å². The fourth-order valence-corrected chi connectivity index (χ4v) is 4.83. The van der Waals surface area contributed by atoms with Crippen LogP contribution in [0.15, 0.2) is 75.3 Å². The molecule has 1 saturated heterocycles. The average molecular weight is 604 g/mol. The van der Waals surface area contributed by atoms with Gasteiger partial charge in [0.2, 0.25) is 0 Å². The van der Waals surface area contributed by atoms with Gasteiger partial charge in [0.25, 0.3) is 5.91 Å². The first-order valence-corrected chi connectivity index (χ1v) is 11.8. The standard InChI is InChI=1S/C25H17Br2FN2O5/c26-18-9-15(10-19(27)22(18)35-13-14-5-7-16(8-6-14)24(32)33)11-21-23(31)30(25(34)29-21)12-17-3-1-2-4-20(17)28/h1-11H,12-13H2,(H,29,34)(H,32,33)/b21-11+. The highest BCUT2D eigenvalue weighted by Gasteiger charge is 2.34. The van der Waals surface area contributed by atoms with Crippen molar-refractivity contribution in [2.75, 3.05) is 0 Å². The highest BCUT2D eigenvalue weighted by Crippen LogP contribution is 2.36. The number of imide groups is 1. The summed E-state index contributed by atoms with van der Waals surface area (Å²) in [7, 11) is 0. The highest BCUT2D eigenvalue weighted by molar-refractivity contribution is 9.11. The number of carbonyl (C=O) groups excluding carboxylic acids is 2. The summed E-state index contributed by atoms with van der Waals surface area (Å²) in [6.07, 6.45) is 1.52. The number of carbonyl (C=O) groups is 3. The molecule has 3 aromatic carbocycles. The number of halogens is 3. The van der Waals surface area contributed by atoms with Gasteiger partial charge in [0.05, 0.1) is 21.1 Å². The monoisotopic (exact) mass is 602 g/mol. The number of amides is 3. The molecule has 3 aromatic rings. The van der Waals surface area contributed by atoms with Gasteiger partial charge in [-0.2, -0.15) is 0 Å². The molecule has 178 valence electrons. The minimum atomic E-state index is -1.00. The third-order valence-corrected chi connectivity index (χ3v) is 6.34. The quantitative estimate of drug-likeness (QED) is 0.266. The van der Waals surface area contributed by atoms with E-state index in [-0.39, 0.29) is 30.0 Å². The van der Waals surface area contributed by atoms with Gasteiger partial charge in [-0.25, -0.2) is 14.0 Å². The number of nitrogens with zero attached hydrogens (tertiary/aromatic N) is 1. The first kappa shape index (κ1) is 24.6. The Morgan fingerprint density at radius 2 is 1.71 bits per heavy atom. The van der Waals surface area contributed by atoms with Crippen molar-refractivity contribution in [3.05, 3.63) is 103 Å². The van der Waals surface area contributed by atoms with Crippen LogP contribution in [0.4, 0.5) is 9.18 Å². The van der Waals surface area contributed by atoms with Crippen molar-refractivity contribution >= 4 is 55.8 Å².